The van der Waals surface area contributed by atoms with Gasteiger partial charge in [0, 0.05) is 23.5 Å². The molecular weight excluding hydrogens is 266 g/mol. The minimum absolute atomic E-state index is 0.0147. The van der Waals surface area contributed by atoms with Crippen molar-refractivity contribution in [2.45, 2.75) is 43.0 Å². The van der Waals surface area contributed by atoms with E-state index in [2.05, 4.69) is 10.6 Å². The summed E-state index contributed by atoms with van der Waals surface area (Å²) in [6.45, 7) is 0.0846. The zero-order valence-corrected chi connectivity index (χ0v) is 11.7. The van der Waals surface area contributed by atoms with Gasteiger partial charge in [0.1, 0.15) is 6.29 Å². The van der Waals surface area contributed by atoms with E-state index in [1.165, 1.54) is 0 Å². The Kier molecular flexibility index (Phi) is 7.50. The Morgan fingerprint density at radius 1 is 1.37 bits per heavy atom. The summed E-state index contributed by atoms with van der Waals surface area (Å²) in [6.07, 6.45) is 4.48. The van der Waals surface area contributed by atoms with E-state index in [9.17, 15) is 14.4 Å². The van der Waals surface area contributed by atoms with Gasteiger partial charge in [-0.3, -0.25) is 9.59 Å². The van der Waals surface area contributed by atoms with Crippen LogP contribution in [-0.4, -0.2) is 48.2 Å². The molecule has 0 aromatic heterocycles. The summed E-state index contributed by atoms with van der Waals surface area (Å²) in [5, 5.41) is 5.58. The van der Waals surface area contributed by atoms with Crippen LogP contribution in [0.15, 0.2) is 0 Å². The molecule has 7 heteroatoms. The van der Waals surface area contributed by atoms with Crippen molar-refractivity contribution in [3.05, 3.63) is 0 Å². The second kappa shape index (κ2) is 8.92. The molecule has 0 aromatic rings. The highest BCUT2D eigenvalue weighted by molar-refractivity contribution is 8.00. The molecule has 2 amide bonds. The Labute approximate surface area is 117 Å². The van der Waals surface area contributed by atoms with Gasteiger partial charge in [0.2, 0.25) is 12.3 Å². The number of carbonyl (C=O) groups is 3. The lowest BCUT2D eigenvalue weighted by Crippen LogP contribution is -2.46. The van der Waals surface area contributed by atoms with E-state index in [-0.39, 0.29) is 24.5 Å². The molecule has 0 spiro atoms. The zero-order chi connectivity index (χ0) is 14.1. The number of rotatable bonds is 9. The molecule has 1 aliphatic rings. The van der Waals surface area contributed by atoms with E-state index in [4.69, 9.17) is 5.73 Å². The first-order chi connectivity index (χ1) is 9.19. The SMILES string of the molecule is N[C@H]1C(NC=O)CSC1CCCCC(=O)NCC=O. The number of carbonyl (C=O) groups excluding carboxylic acids is 3. The summed E-state index contributed by atoms with van der Waals surface area (Å²) in [6, 6.07) is 0.0440. The molecule has 0 bridgehead atoms. The first kappa shape index (κ1) is 16.0. The predicted molar refractivity (Wildman–Crippen MR) is 74.8 cm³/mol. The van der Waals surface area contributed by atoms with E-state index < -0.39 is 0 Å². The van der Waals surface area contributed by atoms with E-state index in [1.54, 1.807) is 11.8 Å². The van der Waals surface area contributed by atoms with Crippen LogP contribution in [0.4, 0.5) is 0 Å². The highest BCUT2D eigenvalue weighted by Crippen LogP contribution is 2.29. The molecule has 19 heavy (non-hydrogen) atoms. The molecule has 1 heterocycles. The third-order valence-electron chi connectivity index (χ3n) is 3.19. The van der Waals surface area contributed by atoms with Gasteiger partial charge in [-0.1, -0.05) is 6.42 Å². The van der Waals surface area contributed by atoms with Crippen LogP contribution >= 0.6 is 11.8 Å². The van der Waals surface area contributed by atoms with Gasteiger partial charge in [0.15, 0.2) is 0 Å². The Bertz CT molecular complexity index is 315. The smallest absolute Gasteiger partial charge is 0.220 e. The van der Waals surface area contributed by atoms with E-state index in [0.29, 0.717) is 24.4 Å². The van der Waals surface area contributed by atoms with Crippen molar-refractivity contribution in [3.63, 3.8) is 0 Å². The first-order valence-corrected chi connectivity index (χ1v) is 7.51. The van der Waals surface area contributed by atoms with Crippen LogP contribution in [0.1, 0.15) is 25.7 Å². The quantitative estimate of drug-likeness (QED) is 0.389. The largest absolute Gasteiger partial charge is 0.354 e. The van der Waals surface area contributed by atoms with Crippen LogP contribution in [-0.2, 0) is 14.4 Å². The minimum Gasteiger partial charge on any atom is -0.354 e. The van der Waals surface area contributed by atoms with Crippen molar-refractivity contribution >= 4 is 30.4 Å². The van der Waals surface area contributed by atoms with Gasteiger partial charge in [0.05, 0.1) is 12.6 Å². The topological polar surface area (TPSA) is 101 Å². The van der Waals surface area contributed by atoms with Gasteiger partial charge in [-0.15, -0.1) is 0 Å². The fraction of sp³-hybridized carbons (Fsp3) is 0.750. The molecule has 0 saturated carbocycles. The van der Waals surface area contributed by atoms with Crippen molar-refractivity contribution in [1.29, 1.82) is 0 Å². The molecule has 4 N–H and O–H groups in total. The number of aldehydes is 1. The third kappa shape index (κ3) is 5.61. The van der Waals surface area contributed by atoms with Crippen LogP contribution in [0.3, 0.4) is 0 Å². The minimum atomic E-state index is -0.0871. The summed E-state index contributed by atoms with van der Waals surface area (Å²) in [5.41, 5.74) is 6.06. The highest BCUT2D eigenvalue weighted by Gasteiger charge is 2.33. The molecule has 1 fully saturated rings. The van der Waals surface area contributed by atoms with Crippen LogP contribution in [0.5, 0.6) is 0 Å². The monoisotopic (exact) mass is 287 g/mol. The number of unbranched alkanes of at least 4 members (excludes halogenated alkanes) is 1. The van der Waals surface area contributed by atoms with Crippen molar-refractivity contribution < 1.29 is 14.4 Å². The molecular formula is C12H21N3O3S. The van der Waals surface area contributed by atoms with Gasteiger partial charge in [-0.25, -0.2) is 0 Å². The first-order valence-electron chi connectivity index (χ1n) is 6.46. The molecule has 1 aliphatic heterocycles. The molecule has 108 valence electrons. The van der Waals surface area contributed by atoms with Crippen LogP contribution in [0.2, 0.25) is 0 Å². The van der Waals surface area contributed by atoms with Gasteiger partial charge in [-0.05, 0) is 12.8 Å². The van der Waals surface area contributed by atoms with Crippen LogP contribution < -0.4 is 16.4 Å². The standard InChI is InChI=1S/C12H21N3O3S/c13-12-9(15-8-17)7-19-10(12)3-1-2-4-11(18)14-5-6-16/h6,8-10,12H,1-5,7,13H2,(H,14,18)(H,15,17)/t9?,10?,12-/m0/s1. The Morgan fingerprint density at radius 3 is 2.84 bits per heavy atom. The number of thioether (sulfide) groups is 1. The fourth-order valence-electron chi connectivity index (χ4n) is 2.11. The number of hydrogen-bond donors (Lipinski definition) is 3. The second-order valence-corrected chi connectivity index (χ2v) is 5.83. The van der Waals surface area contributed by atoms with Gasteiger partial charge in [-0.2, -0.15) is 11.8 Å². The van der Waals surface area contributed by atoms with Gasteiger partial charge < -0.3 is 21.2 Å². The Hall–Kier alpha value is -1.08. The maximum Gasteiger partial charge on any atom is 0.220 e. The predicted octanol–water partition coefficient (Wildman–Crippen LogP) is -0.581. The maximum absolute atomic E-state index is 11.3. The van der Waals surface area contributed by atoms with Gasteiger partial charge >= 0.3 is 0 Å². The molecule has 0 radical (unpaired) electrons. The molecule has 0 aliphatic carbocycles. The summed E-state index contributed by atoms with van der Waals surface area (Å²) >= 11 is 1.78. The van der Waals surface area contributed by atoms with E-state index in [1.807, 2.05) is 0 Å². The second-order valence-electron chi connectivity index (χ2n) is 4.56. The molecule has 2 unspecified atom stereocenters. The van der Waals surface area contributed by atoms with Crippen molar-refractivity contribution in [2.75, 3.05) is 12.3 Å². The summed E-state index contributed by atoms with van der Waals surface area (Å²) in [7, 11) is 0. The van der Waals surface area contributed by atoms with Crippen molar-refractivity contribution in [3.8, 4) is 0 Å². The highest BCUT2D eigenvalue weighted by atomic mass is 32.2. The summed E-state index contributed by atoms with van der Waals surface area (Å²) < 4.78 is 0. The number of nitrogens with two attached hydrogens (primary N) is 1. The average Bonchev–Trinajstić information content (AvgIpc) is 2.74. The average molecular weight is 287 g/mol. The molecule has 0 aromatic carbocycles. The van der Waals surface area contributed by atoms with E-state index >= 15 is 0 Å². The fourth-order valence-corrected chi connectivity index (χ4v) is 3.62. The number of amides is 2. The molecule has 6 nitrogen and oxygen atoms in total. The Morgan fingerprint density at radius 2 is 2.16 bits per heavy atom. The lowest BCUT2D eigenvalue weighted by Gasteiger charge is -2.18. The zero-order valence-electron chi connectivity index (χ0n) is 10.8. The summed E-state index contributed by atoms with van der Waals surface area (Å²) in [5.74, 6) is 0.765. The number of hydrogen-bond acceptors (Lipinski definition) is 5. The summed E-state index contributed by atoms with van der Waals surface area (Å²) in [4.78, 5) is 31.7. The Balaban J connectivity index is 2.11. The molecule has 1 saturated heterocycles. The normalized spacial score (nSPS) is 25.8. The van der Waals surface area contributed by atoms with Crippen molar-refractivity contribution in [2.24, 2.45) is 5.73 Å². The van der Waals surface area contributed by atoms with Gasteiger partial charge in [0.25, 0.3) is 0 Å². The lowest BCUT2D eigenvalue weighted by atomic mass is 10.0. The van der Waals surface area contributed by atoms with Crippen LogP contribution in [0.25, 0.3) is 0 Å². The number of nitrogens with one attached hydrogen (secondary N) is 2. The van der Waals surface area contributed by atoms with Crippen LogP contribution in [0, 0.1) is 0 Å². The third-order valence-corrected chi connectivity index (χ3v) is 4.72. The maximum atomic E-state index is 11.3. The molecule has 1 rings (SSSR count). The molecule has 3 atom stereocenters. The van der Waals surface area contributed by atoms with Crippen molar-refractivity contribution in [1.82, 2.24) is 10.6 Å². The lowest BCUT2D eigenvalue weighted by molar-refractivity contribution is -0.122. The van der Waals surface area contributed by atoms with E-state index in [0.717, 1.165) is 25.0 Å².